The van der Waals surface area contributed by atoms with Crippen LogP contribution in [0.1, 0.15) is 11.3 Å². The van der Waals surface area contributed by atoms with Crippen LogP contribution in [0.15, 0.2) is 72.6 Å². The van der Waals surface area contributed by atoms with Gasteiger partial charge in [-0.1, -0.05) is 12.1 Å². The van der Waals surface area contributed by atoms with Crippen molar-refractivity contribution < 1.29 is 4.92 Å². The number of rotatable bonds is 4. The lowest BCUT2D eigenvalue weighted by atomic mass is 10.0. The lowest BCUT2D eigenvalue weighted by Gasteiger charge is -2.30. The number of non-ortho nitro benzene ring substituents is 1. The van der Waals surface area contributed by atoms with Gasteiger partial charge in [-0.3, -0.25) is 15.1 Å². The van der Waals surface area contributed by atoms with Crippen molar-refractivity contribution >= 4 is 23.3 Å². The quantitative estimate of drug-likeness (QED) is 0.525. The molecule has 2 aromatic heterocycles. The minimum Gasteiger partial charge on any atom is -0.322 e. The second-order valence-corrected chi connectivity index (χ2v) is 6.08. The van der Waals surface area contributed by atoms with Gasteiger partial charge in [0.1, 0.15) is 5.82 Å². The number of nitro groups is 1. The van der Waals surface area contributed by atoms with E-state index in [1.165, 1.54) is 11.6 Å². The van der Waals surface area contributed by atoms with Crippen LogP contribution < -0.4 is 4.90 Å². The second kappa shape index (κ2) is 6.76. The third kappa shape index (κ3) is 3.17. The normalized spacial score (nSPS) is 13.1. The van der Waals surface area contributed by atoms with E-state index in [4.69, 9.17) is 0 Å². The number of nitro benzene ring substituents is 1. The van der Waals surface area contributed by atoms with Gasteiger partial charge >= 0.3 is 0 Å². The van der Waals surface area contributed by atoms with Crippen molar-refractivity contribution in [3.63, 3.8) is 0 Å². The maximum atomic E-state index is 11.1. The van der Waals surface area contributed by atoms with E-state index in [2.05, 4.69) is 16.0 Å². The zero-order valence-electron chi connectivity index (χ0n) is 13.9. The maximum absolute atomic E-state index is 11.1. The van der Waals surface area contributed by atoms with Crippen LogP contribution in [0.2, 0.25) is 0 Å². The molecule has 0 saturated heterocycles. The van der Waals surface area contributed by atoms with Gasteiger partial charge in [0.15, 0.2) is 0 Å². The SMILES string of the molecule is O=[N+]([O-])c1cccc(N2CC(Cc3ccccn3)=Cc3cccnc32)c1. The van der Waals surface area contributed by atoms with Gasteiger partial charge in [-0.15, -0.1) is 0 Å². The molecule has 0 bridgehead atoms. The van der Waals surface area contributed by atoms with Crippen LogP contribution in [0.25, 0.3) is 6.08 Å². The Labute approximate surface area is 150 Å². The van der Waals surface area contributed by atoms with Crippen LogP contribution in [0.3, 0.4) is 0 Å². The molecular weight excluding hydrogens is 328 g/mol. The minimum atomic E-state index is -0.378. The molecule has 0 radical (unpaired) electrons. The summed E-state index contributed by atoms with van der Waals surface area (Å²) in [5.74, 6) is 0.803. The van der Waals surface area contributed by atoms with Crippen LogP contribution in [0.5, 0.6) is 0 Å². The van der Waals surface area contributed by atoms with Gasteiger partial charge in [0.05, 0.1) is 4.92 Å². The van der Waals surface area contributed by atoms with Crippen molar-refractivity contribution in [2.45, 2.75) is 6.42 Å². The van der Waals surface area contributed by atoms with Crippen LogP contribution in [0, 0.1) is 10.1 Å². The first-order valence-electron chi connectivity index (χ1n) is 8.27. The van der Waals surface area contributed by atoms with E-state index in [0.717, 1.165) is 29.2 Å². The summed E-state index contributed by atoms with van der Waals surface area (Å²) >= 11 is 0. The molecular formula is C20H16N4O2. The summed E-state index contributed by atoms with van der Waals surface area (Å²) in [6.07, 6.45) is 6.37. The number of nitrogens with zero attached hydrogens (tertiary/aromatic N) is 4. The molecule has 0 fully saturated rings. The molecule has 3 aromatic rings. The maximum Gasteiger partial charge on any atom is 0.271 e. The Morgan fingerprint density at radius 1 is 1.04 bits per heavy atom. The largest absolute Gasteiger partial charge is 0.322 e. The third-order valence-corrected chi connectivity index (χ3v) is 4.28. The Morgan fingerprint density at radius 3 is 2.73 bits per heavy atom. The molecule has 0 amide bonds. The number of pyridine rings is 2. The Balaban J connectivity index is 1.73. The Hall–Kier alpha value is -3.54. The Morgan fingerprint density at radius 2 is 1.92 bits per heavy atom. The van der Waals surface area contributed by atoms with E-state index in [0.29, 0.717) is 6.54 Å². The first-order valence-corrected chi connectivity index (χ1v) is 8.27. The standard InChI is InChI=1S/C20H16N4O2/c25-24(26)19-8-3-7-18(13-19)23-14-15(12-17-6-1-2-9-21-17)11-16-5-4-10-22-20(16)23/h1-11,13H,12,14H2. The van der Waals surface area contributed by atoms with Gasteiger partial charge in [0.2, 0.25) is 0 Å². The van der Waals surface area contributed by atoms with E-state index < -0.39 is 0 Å². The summed E-state index contributed by atoms with van der Waals surface area (Å²) in [6.45, 7) is 0.613. The predicted molar refractivity (Wildman–Crippen MR) is 100 cm³/mol. The van der Waals surface area contributed by atoms with Crippen LogP contribution >= 0.6 is 0 Å². The third-order valence-electron chi connectivity index (χ3n) is 4.28. The smallest absolute Gasteiger partial charge is 0.271 e. The summed E-state index contributed by atoms with van der Waals surface area (Å²) in [5.41, 5.74) is 3.99. The molecule has 6 nitrogen and oxygen atoms in total. The molecule has 1 aliphatic heterocycles. The fraction of sp³-hybridized carbons (Fsp3) is 0.100. The Kier molecular flexibility index (Phi) is 4.15. The van der Waals surface area contributed by atoms with Gasteiger partial charge < -0.3 is 4.90 Å². The minimum absolute atomic E-state index is 0.0702. The number of fused-ring (bicyclic) bond motifs is 1. The molecule has 0 unspecified atom stereocenters. The van der Waals surface area contributed by atoms with Crippen molar-refractivity contribution in [3.8, 4) is 0 Å². The zero-order valence-corrected chi connectivity index (χ0v) is 13.9. The van der Waals surface area contributed by atoms with Gasteiger partial charge in [0.25, 0.3) is 5.69 Å². The molecule has 1 aliphatic rings. The van der Waals surface area contributed by atoms with Crippen LogP contribution in [0.4, 0.5) is 17.2 Å². The monoisotopic (exact) mass is 344 g/mol. The van der Waals surface area contributed by atoms with E-state index in [1.54, 1.807) is 24.5 Å². The first-order chi connectivity index (χ1) is 12.7. The van der Waals surface area contributed by atoms with Gasteiger partial charge in [-0.2, -0.15) is 0 Å². The zero-order chi connectivity index (χ0) is 17.9. The summed E-state index contributed by atoms with van der Waals surface area (Å²) in [4.78, 5) is 21.7. The molecule has 0 spiro atoms. The highest BCUT2D eigenvalue weighted by molar-refractivity contribution is 5.77. The average Bonchev–Trinajstić information content (AvgIpc) is 2.68. The molecule has 6 heteroatoms. The van der Waals surface area contributed by atoms with E-state index in [-0.39, 0.29) is 10.6 Å². The number of benzene rings is 1. The average molecular weight is 344 g/mol. The fourth-order valence-electron chi connectivity index (χ4n) is 3.12. The van der Waals surface area contributed by atoms with E-state index in [1.807, 2.05) is 41.3 Å². The fourth-order valence-corrected chi connectivity index (χ4v) is 3.12. The second-order valence-electron chi connectivity index (χ2n) is 6.08. The number of hydrogen-bond donors (Lipinski definition) is 0. The van der Waals surface area contributed by atoms with Crippen molar-refractivity contribution in [3.05, 3.63) is 93.9 Å². The van der Waals surface area contributed by atoms with Gasteiger partial charge in [-0.25, -0.2) is 4.98 Å². The van der Waals surface area contributed by atoms with E-state index >= 15 is 0 Å². The molecule has 4 rings (SSSR count). The predicted octanol–water partition coefficient (Wildman–Crippen LogP) is 4.16. The first kappa shape index (κ1) is 16.0. The van der Waals surface area contributed by atoms with Crippen molar-refractivity contribution in [1.29, 1.82) is 0 Å². The molecule has 3 heterocycles. The molecule has 1 aromatic carbocycles. The van der Waals surface area contributed by atoms with Crippen LogP contribution in [-0.2, 0) is 6.42 Å². The van der Waals surface area contributed by atoms with Crippen LogP contribution in [-0.4, -0.2) is 21.4 Å². The number of aromatic nitrogens is 2. The molecule has 26 heavy (non-hydrogen) atoms. The molecule has 0 saturated carbocycles. The van der Waals surface area contributed by atoms with E-state index in [9.17, 15) is 10.1 Å². The Bertz CT molecular complexity index is 986. The summed E-state index contributed by atoms with van der Waals surface area (Å²) < 4.78 is 0. The van der Waals surface area contributed by atoms with Gasteiger partial charge in [0, 0.05) is 54.4 Å². The summed E-state index contributed by atoms with van der Waals surface area (Å²) in [5, 5.41) is 11.1. The topological polar surface area (TPSA) is 72.2 Å². The summed E-state index contributed by atoms with van der Waals surface area (Å²) in [6, 6.07) is 16.4. The lowest BCUT2D eigenvalue weighted by molar-refractivity contribution is -0.384. The van der Waals surface area contributed by atoms with Crippen molar-refractivity contribution in [2.75, 3.05) is 11.4 Å². The summed E-state index contributed by atoms with van der Waals surface area (Å²) in [7, 11) is 0. The molecule has 0 atom stereocenters. The van der Waals surface area contributed by atoms with Gasteiger partial charge in [-0.05, 0) is 42.0 Å². The molecule has 0 N–H and O–H groups in total. The molecule has 128 valence electrons. The molecule has 0 aliphatic carbocycles. The highest BCUT2D eigenvalue weighted by atomic mass is 16.6. The highest BCUT2D eigenvalue weighted by Crippen LogP contribution is 2.34. The van der Waals surface area contributed by atoms with Crippen molar-refractivity contribution in [2.24, 2.45) is 0 Å². The number of hydrogen-bond acceptors (Lipinski definition) is 5. The highest BCUT2D eigenvalue weighted by Gasteiger charge is 2.22. The van der Waals surface area contributed by atoms with Crippen molar-refractivity contribution in [1.82, 2.24) is 9.97 Å². The number of anilines is 2. The lowest BCUT2D eigenvalue weighted by Crippen LogP contribution is -2.25.